The van der Waals surface area contributed by atoms with Gasteiger partial charge in [-0.15, -0.1) is 0 Å². The van der Waals surface area contributed by atoms with Crippen LogP contribution in [-0.2, 0) is 23.2 Å². The van der Waals surface area contributed by atoms with E-state index in [1.165, 1.54) is 0 Å². The molecule has 0 radical (unpaired) electrons. The largest absolute Gasteiger partial charge is 0.392 e. The van der Waals surface area contributed by atoms with Crippen molar-refractivity contribution in [3.05, 3.63) is 50.7 Å². The van der Waals surface area contributed by atoms with E-state index < -0.39 is 10.0 Å². The Morgan fingerprint density at radius 1 is 1.05 bits per heavy atom. The molecule has 0 bridgehead atoms. The van der Waals surface area contributed by atoms with E-state index in [1.807, 2.05) is 24.6 Å². The van der Waals surface area contributed by atoms with Crippen LogP contribution in [0.2, 0.25) is 0 Å². The third-order valence-electron chi connectivity index (χ3n) is 3.51. The smallest absolute Gasteiger partial charge is 0.241 e. The molecule has 0 atom stereocenters. The summed E-state index contributed by atoms with van der Waals surface area (Å²) in [5, 5.41) is 13.2. The second-order valence-corrected chi connectivity index (χ2v) is 7.59. The van der Waals surface area contributed by atoms with E-state index in [9.17, 15) is 13.5 Å². The van der Waals surface area contributed by atoms with Gasteiger partial charge in [-0.05, 0) is 65.4 Å². The van der Waals surface area contributed by atoms with Crippen molar-refractivity contribution in [2.75, 3.05) is 0 Å². The molecule has 6 heteroatoms. The fourth-order valence-corrected chi connectivity index (χ4v) is 4.29. The fraction of sp³-hybridized carbons (Fsp3) is 0.333. The highest BCUT2D eigenvalue weighted by Crippen LogP contribution is 2.21. The van der Waals surface area contributed by atoms with Crippen LogP contribution < -0.4 is 4.72 Å². The number of benzene rings is 1. The molecule has 4 nitrogen and oxygen atoms in total. The standard InChI is InChI=1S/C15H19NO3S2/c1-10-4-11(2)15(5-13(10)7-17)21(18,19)16-6-14-9-20-8-12(14)3/h4-5,8-9,16-17H,6-7H2,1-3H3. The Balaban J connectivity index is 2.29. The maximum absolute atomic E-state index is 12.4. The lowest BCUT2D eigenvalue weighted by atomic mass is 10.1. The van der Waals surface area contributed by atoms with Crippen LogP contribution in [0, 0.1) is 20.8 Å². The molecule has 0 aliphatic heterocycles. The first-order chi connectivity index (χ1) is 9.85. The molecule has 0 saturated heterocycles. The number of aliphatic hydroxyl groups is 1. The number of rotatable bonds is 5. The van der Waals surface area contributed by atoms with E-state index >= 15 is 0 Å². The molecule has 2 aromatic rings. The first-order valence-corrected chi connectivity index (χ1v) is 9.00. The normalized spacial score (nSPS) is 11.8. The molecule has 21 heavy (non-hydrogen) atoms. The minimum Gasteiger partial charge on any atom is -0.392 e. The van der Waals surface area contributed by atoms with E-state index in [2.05, 4.69) is 4.72 Å². The minimum atomic E-state index is -3.59. The van der Waals surface area contributed by atoms with Crippen molar-refractivity contribution >= 4 is 21.4 Å². The van der Waals surface area contributed by atoms with Crippen LogP contribution in [-0.4, -0.2) is 13.5 Å². The van der Waals surface area contributed by atoms with E-state index in [1.54, 1.807) is 30.4 Å². The zero-order valence-corrected chi connectivity index (χ0v) is 13.9. The van der Waals surface area contributed by atoms with Gasteiger partial charge in [0, 0.05) is 6.54 Å². The number of sulfonamides is 1. The predicted molar refractivity (Wildman–Crippen MR) is 84.9 cm³/mol. The molecule has 0 unspecified atom stereocenters. The molecule has 1 heterocycles. The van der Waals surface area contributed by atoms with Gasteiger partial charge < -0.3 is 5.11 Å². The van der Waals surface area contributed by atoms with E-state index in [0.717, 1.165) is 16.7 Å². The van der Waals surface area contributed by atoms with Gasteiger partial charge in [-0.2, -0.15) is 11.3 Å². The van der Waals surface area contributed by atoms with E-state index in [0.29, 0.717) is 11.1 Å². The Morgan fingerprint density at radius 2 is 1.76 bits per heavy atom. The Kier molecular flexibility index (Phi) is 4.83. The molecule has 1 aromatic carbocycles. The maximum Gasteiger partial charge on any atom is 0.241 e. The zero-order chi connectivity index (χ0) is 15.6. The Labute approximate surface area is 129 Å². The quantitative estimate of drug-likeness (QED) is 0.888. The summed E-state index contributed by atoms with van der Waals surface area (Å²) in [5.41, 5.74) is 4.27. The van der Waals surface area contributed by atoms with Gasteiger partial charge in [0.2, 0.25) is 10.0 Å². The summed E-state index contributed by atoms with van der Waals surface area (Å²) in [5.74, 6) is 0. The van der Waals surface area contributed by atoms with Gasteiger partial charge in [0.05, 0.1) is 11.5 Å². The summed E-state index contributed by atoms with van der Waals surface area (Å²) in [4.78, 5) is 0.227. The lowest BCUT2D eigenvalue weighted by Crippen LogP contribution is -2.24. The van der Waals surface area contributed by atoms with Crippen molar-refractivity contribution in [2.45, 2.75) is 38.8 Å². The molecule has 114 valence electrons. The van der Waals surface area contributed by atoms with Gasteiger partial charge in [0.25, 0.3) is 0 Å². The van der Waals surface area contributed by atoms with Crippen molar-refractivity contribution in [3.8, 4) is 0 Å². The molecule has 0 aliphatic rings. The van der Waals surface area contributed by atoms with Gasteiger partial charge >= 0.3 is 0 Å². The van der Waals surface area contributed by atoms with Gasteiger partial charge in [-0.1, -0.05) is 6.07 Å². The van der Waals surface area contributed by atoms with Gasteiger partial charge in [0.1, 0.15) is 0 Å². The van der Waals surface area contributed by atoms with Crippen molar-refractivity contribution in [1.82, 2.24) is 4.72 Å². The molecular formula is C15H19NO3S2. The monoisotopic (exact) mass is 325 g/mol. The first-order valence-electron chi connectivity index (χ1n) is 6.57. The van der Waals surface area contributed by atoms with Crippen molar-refractivity contribution in [3.63, 3.8) is 0 Å². The number of nitrogens with one attached hydrogen (secondary N) is 1. The molecule has 1 aromatic heterocycles. The average molecular weight is 325 g/mol. The van der Waals surface area contributed by atoms with Crippen LogP contribution in [0.5, 0.6) is 0 Å². The molecule has 0 amide bonds. The first kappa shape index (κ1) is 16.2. The van der Waals surface area contributed by atoms with E-state index in [4.69, 9.17) is 0 Å². The van der Waals surface area contributed by atoms with Crippen LogP contribution in [0.1, 0.15) is 27.8 Å². The summed E-state index contributed by atoms with van der Waals surface area (Å²) in [6.45, 7) is 5.69. The lowest BCUT2D eigenvalue weighted by Gasteiger charge is -2.12. The van der Waals surface area contributed by atoms with Crippen LogP contribution in [0.25, 0.3) is 0 Å². The second-order valence-electron chi connectivity index (χ2n) is 5.11. The summed E-state index contributed by atoms with van der Waals surface area (Å²) in [7, 11) is -3.59. The predicted octanol–water partition coefficient (Wildman–Crippen LogP) is 2.64. The Bertz CT molecular complexity index is 748. The van der Waals surface area contributed by atoms with Crippen LogP contribution in [0.4, 0.5) is 0 Å². The summed E-state index contributed by atoms with van der Waals surface area (Å²) in [6, 6.07) is 3.34. The lowest BCUT2D eigenvalue weighted by molar-refractivity contribution is 0.280. The van der Waals surface area contributed by atoms with Crippen molar-refractivity contribution < 1.29 is 13.5 Å². The topological polar surface area (TPSA) is 66.4 Å². The SMILES string of the molecule is Cc1cc(C)c(S(=O)(=O)NCc2cscc2C)cc1CO. The molecule has 2 N–H and O–H groups in total. The number of aryl methyl sites for hydroxylation is 3. The summed E-state index contributed by atoms with van der Waals surface area (Å²) in [6.07, 6.45) is 0. The third kappa shape index (κ3) is 3.52. The minimum absolute atomic E-state index is 0.168. The zero-order valence-electron chi connectivity index (χ0n) is 12.3. The van der Waals surface area contributed by atoms with Gasteiger partial charge in [-0.3, -0.25) is 0 Å². The van der Waals surface area contributed by atoms with Crippen LogP contribution in [0.15, 0.2) is 27.8 Å². The van der Waals surface area contributed by atoms with Crippen LogP contribution in [0.3, 0.4) is 0 Å². The number of hydrogen-bond donors (Lipinski definition) is 2. The molecule has 0 saturated carbocycles. The fourth-order valence-electron chi connectivity index (χ4n) is 2.15. The second kappa shape index (κ2) is 6.27. The maximum atomic E-state index is 12.4. The van der Waals surface area contributed by atoms with E-state index in [-0.39, 0.29) is 18.0 Å². The molecule has 2 rings (SSSR count). The molecule has 0 aliphatic carbocycles. The van der Waals surface area contributed by atoms with Gasteiger partial charge in [0.15, 0.2) is 0 Å². The van der Waals surface area contributed by atoms with Crippen molar-refractivity contribution in [2.24, 2.45) is 0 Å². The van der Waals surface area contributed by atoms with Crippen molar-refractivity contribution in [1.29, 1.82) is 0 Å². The number of hydrogen-bond acceptors (Lipinski definition) is 4. The highest BCUT2D eigenvalue weighted by Gasteiger charge is 2.18. The average Bonchev–Trinajstić information content (AvgIpc) is 2.82. The third-order valence-corrected chi connectivity index (χ3v) is 5.96. The summed E-state index contributed by atoms with van der Waals surface area (Å²) >= 11 is 1.56. The molecule has 0 spiro atoms. The van der Waals surface area contributed by atoms with Crippen LogP contribution >= 0.6 is 11.3 Å². The summed E-state index contributed by atoms with van der Waals surface area (Å²) < 4.78 is 27.5. The molecular weight excluding hydrogens is 306 g/mol. The number of aliphatic hydroxyl groups excluding tert-OH is 1. The Hall–Kier alpha value is -1.21. The highest BCUT2D eigenvalue weighted by molar-refractivity contribution is 7.89. The van der Waals surface area contributed by atoms with Gasteiger partial charge in [-0.25, -0.2) is 13.1 Å². The Morgan fingerprint density at radius 3 is 2.33 bits per heavy atom. The highest BCUT2D eigenvalue weighted by atomic mass is 32.2. The molecule has 0 fully saturated rings. The number of thiophene rings is 1.